The maximum atomic E-state index is 12.9. The quantitative estimate of drug-likeness (QED) is 0.618. The number of aromatic nitrogens is 2. The molecule has 1 aromatic heterocycles. The third-order valence-electron chi connectivity index (χ3n) is 1.98. The predicted octanol–water partition coefficient (Wildman–Crippen LogP) is 3.28. The van der Waals surface area contributed by atoms with E-state index < -0.39 is 0 Å². The number of hydrogen-bond donors (Lipinski definition) is 0. The van der Waals surface area contributed by atoms with Gasteiger partial charge in [-0.3, -0.25) is 0 Å². The number of alkyl halides is 1. The zero-order valence-corrected chi connectivity index (χ0v) is 10.5. The van der Waals surface area contributed by atoms with Crippen molar-refractivity contribution in [3.63, 3.8) is 0 Å². The molecule has 0 aliphatic rings. The monoisotopic (exact) mass is 272 g/mol. The van der Waals surface area contributed by atoms with Gasteiger partial charge in [0.25, 0.3) is 0 Å². The van der Waals surface area contributed by atoms with Gasteiger partial charge in [0, 0.05) is 17.2 Å². The van der Waals surface area contributed by atoms with Crippen LogP contribution in [0.2, 0.25) is 0 Å². The average molecular weight is 273 g/mol. The number of aryl methyl sites for hydroxylation is 1. The predicted molar refractivity (Wildman–Crippen MR) is 64.7 cm³/mol. The molecule has 0 bridgehead atoms. The van der Waals surface area contributed by atoms with Crippen LogP contribution in [0.5, 0.6) is 0 Å². The minimum Gasteiger partial charge on any atom is -0.339 e. The normalized spacial score (nSPS) is 10.7. The van der Waals surface area contributed by atoms with Gasteiger partial charge in [0.15, 0.2) is 5.82 Å². The first-order chi connectivity index (χ1) is 8.28. The summed E-state index contributed by atoms with van der Waals surface area (Å²) in [5.41, 5.74) is 0. The van der Waals surface area contributed by atoms with E-state index in [1.807, 2.05) is 6.07 Å². The Morgan fingerprint density at radius 1 is 1.41 bits per heavy atom. The van der Waals surface area contributed by atoms with Crippen LogP contribution in [0.15, 0.2) is 33.7 Å². The fourth-order valence-electron chi connectivity index (χ4n) is 1.24. The lowest BCUT2D eigenvalue weighted by Gasteiger charge is -1.97. The molecule has 0 unspecified atom stereocenters. The Kier molecular flexibility index (Phi) is 4.39. The third kappa shape index (κ3) is 3.71. The molecule has 6 heteroatoms. The van der Waals surface area contributed by atoms with Gasteiger partial charge in [0.1, 0.15) is 5.82 Å². The summed E-state index contributed by atoms with van der Waals surface area (Å²) in [6.07, 6.45) is 0.569. The minimum atomic E-state index is -0.244. The van der Waals surface area contributed by atoms with E-state index in [4.69, 9.17) is 16.1 Å². The van der Waals surface area contributed by atoms with Crippen LogP contribution < -0.4 is 0 Å². The summed E-state index contributed by atoms with van der Waals surface area (Å²) in [4.78, 5) is 5.00. The Morgan fingerprint density at radius 2 is 2.29 bits per heavy atom. The van der Waals surface area contributed by atoms with Gasteiger partial charge >= 0.3 is 0 Å². The highest BCUT2D eigenvalue weighted by atomic mass is 35.5. The molecule has 1 heterocycles. The van der Waals surface area contributed by atoms with E-state index in [0.717, 1.165) is 4.90 Å². The fraction of sp³-hybridized carbons (Fsp3) is 0.273. The molecule has 0 fully saturated rings. The summed E-state index contributed by atoms with van der Waals surface area (Å²) < 4.78 is 17.9. The molecule has 0 N–H and O–H groups in total. The zero-order chi connectivity index (χ0) is 12.1. The Bertz CT molecular complexity index is 492. The zero-order valence-electron chi connectivity index (χ0n) is 8.90. The molecule has 0 spiro atoms. The van der Waals surface area contributed by atoms with Gasteiger partial charge in [-0.2, -0.15) is 4.98 Å². The SMILES string of the molecule is Fc1cccc(SCc2noc(CCCl)n2)c1. The largest absolute Gasteiger partial charge is 0.339 e. The van der Waals surface area contributed by atoms with Gasteiger partial charge in [-0.1, -0.05) is 11.2 Å². The molecule has 1 aromatic carbocycles. The molecule has 0 aliphatic heterocycles. The molecule has 17 heavy (non-hydrogen) atoms. The van der Waals surface area contributed by atoms with Crippen molar-refractivity contribution in [1.29, 1.82) is 0 Å². The molecule has 0 amide bonds. The van der Waals surface area contributed by atoms with E-state index >= 15 is 0 Å². The van der Waals surface area contributed by atoms with Crippen LogP contribution >= 0.6 is 23.4 Å². The maximum absolute atomic E-state index is 12.9. The van der Waals surface area contributed by atoms with Crippen molar-refractivity contribution in [2.45, 2.75) is 17.1 Å². The summed E-state index contributed by atoms with van der Waals surface area (Å²) in [5.74, 6) is 1.90. The molecule has 2 aromatic rings. The third-order valence-corrected chi connectivity index (χ3v) is 3.16. The Hall–Kier alpha value is -1.07. The Labute approximate surface area is 107 Å². The number of halogens is 2. The van der Waals surface area contributed by atoms with Crippen molar-refractivity contribution in [2.24, 2.45) is 0 Å². The fourth-order valence-corrected chi connectivity index (χ4v) is 2.18. The van der Waals surface area contributed by atoms with Crippen molar-refractivity contribution < 1.29 is 8.91 Å². The second-order valence-electron chi connectivity index (χ2n) is 3.29. The van der Waals surface area contributed by atoms with Crippen molar-refractivity contribution >= 4 is 23.4 Å². The first-order valence-corrected chi connectivity index (χ1v) is 6.56. The number of benzene rings is 1. The standard InChI is InChI=1S/C11H10ClFN2OS/c12-5-4-11-14-10(15-16-11)7-17-9-3-1-2-8(13)6-9/h1-3,6H,4-5,7H2. The molecule has 2 rings (SSSR count). The van der Waals surface area contributed by atoms with E-state index in [2.05, 4.69) is 10.1 Å². The van der Waals surface area contributed by atoms with E-state index in [0.29, 0.717) is 29.8 Å². The second kappa shape index (κ2) is 6.02. The highest BCUT2D eigenvalue weighted by molar-refractivity contribution is 7.98. The maximum Gasteiger partial charge on any atom is 0.227 e. The molecule has 0 aliphatic carbocycles. The minimum absolute atomic E-state index is 0.244. The van der Waals surface area contributed by atoms with E-state index in [-0.39, 0.29) is 5.82 Å². The molecule has 0 saturated heterocycles. The molecular formula is C11H10ClFN2OS. The van der Waals surface area contributed by atoms with Crippen molar-refractivity contribution in [3.8, 4) is 0 Å². The highest BCUT2D eigenvalue weighted by Crippen LogP contribution is 2.22. The van der Waals surface area contributed by atoms with Gasteiger partial charge in [-0.25, -0.2) is 4.39 Å². The molecule has 90 valence electrons. The van der Waals surface area contributed by atoms with Crippen LogP contribution in [0.4, 0.5) is 4.39 Å². The van der Waals surface area contributed by atoms with Crippen LogP contribution in [0, 0.1) is 5.82 Å². The number of hydrogen-bond acceptors (Lipinski definition) is 4. The lowest BCUT2D eigenvalue weighted by Crippen LogP contribution is -1.88. The smallest absolute Gasteiger partial charge is 0.227 e. The lowest BCUT2D eigenvalue weighted by atomic mass is 10.4. The molecular weight excluding hydrogens is 263 g/mol. The van der Waals surface area contributed by atoms with E-state index in [1.54, 1.807) is 6.07 Å². The topological polar surface area (TPSA) is 38.9 Å². The first-order valence-electron chi connectivity index (χ1n) is 5.04. The molecule has 3 nitrogen and oxygen atoms in total. The van der Waals surface area contributed by atoms with Crippen LogP contribution in [-0.2, 0) is 12.2 Å². The van der Waals surface area contributed by atoms with Gasteiger partial charge in [-0.15, -0.1) is 23.4 Å². The summed E-state index contributed by atoms with van der Waals surface area (Å²) in [6, 6.07) is 6.40. The summed E-state index contributed by atoms with van der Waals surface area (Å²) in [7, 11) is 0. The average Bonchev–Trinajstić information content (AvgIpc) is 2.75. The number of nitrogens with zero attached hydrogens (tertiary/aromatic N) is 2. The van der Waals surface area contributed by atoms with Gasteiger partial charge in [-0.05, 0) is 18.2 Å². The van der Waals surface area contributed by atoms with E-state index in [1.165, 1.54) is 23.9 Å². The lowest BCUT2D eigenvalue weighted by molar-refractivity contribution is 0.378. The van der Waals surface area contributed by atoms with Crippen LogP contribution in [0.3, 0.4) is 0 Å². The first kappa shape index (κ1) is 12.4. The van der Waals surface area contributed by atoms with Crippen LogP contribution in [-0.4, -0.2) is 16.0 Å². The van der Waals surface area contributed by atoms with Gasteiger partial charge < -0.3 is 4.52 Å². The van der Waals surface area contributed by atoms with Crippen molar-refractivity contribution in [2.75, 3.05) is 5.88 Å². The number of rotatable bonds is 5. The summed E-state index contributed by atoms with van der Waals surface area (Å²) >= 11 is 7.02. The van der Waals surface area contributed by atoms with Crippen LogP contribution in [0.25, 0.3) is 0 Å². The van der Waals surface area contributed by atoms with Crippen LogP contribution in [0.1, 0.15) is 11.7 Å². The van der Waals surface area contributed by atoms with Gasteiger partial charge in [0.2, 0.25) is 5.89 Å². The highest BCUT2D eigenvalue weighted by Gasteiger charge is 2.06. The Morgan fingerprint density at radius 3 is 3.06 bits per heavy atom. The van der Waals surface area contributed by atoms with Gasteiger partial charge in [0.05, 0.1) is 5.75 Å². The summed E-state index contributed by atoms with van der Waals surface area (Å²) in [6.45, 7) is 0. The second-order valence-corrected chi connectivity index (χ2v) is 4.72. The van der Waals surface area contributed by atoms with Crippen molar-refractivity contribution in [1.82, 2.24) is 10.1 Å². The van der Waals surface area contributed by atoms with E-state index in [9.17, 15) is 4.39 Å². The number of thioether (sulfide) groups is 1. The molecule has 0 radical (unpaired) electrons. The van der Waals surface area contributed by atoms with Crippen molar-refractivity contribution in [3.05, 3.63) is 41.8 Å². The Balaban J connectivity index is 1.93. The summed E-state index contributed by atoms with van der Waals surface area (Å²) in [5, 5.41) is 3.81. The molecule has 0 atom stereocenters. The molecule has 0 saturated carbocycles.